The van der Waals surface area contributed by atoms with Crippen LogP contribution in [0.4, 0.5) is 4.39 Å². The molecule has 1 aliphatic heterocycles. The van der Waals surface area contributed by atoms with Crippen LogP contribution in [0.25, 0.3) is 11.0 Å². The van der Waals surface area contributed by atoms with E-state index in [4.69, 9.17) is 21.3 Å². The molecule has 2 fully saturated rings. The predicted molar refractivity (Wildman–Crippen MR) is 151 cm³/mol. The number of likely N-dealkylation sites (tertiary alicyclic amines) is 1. The fourth-order valence-corrected chi connectivity index (χ4v) is 5.85. The van der Waals surface area contributed by atoms with Crippen LogP contribution in [-0.2, 0) is 19.7 Å². The number of ether oxygens (including phenoxy) is 1. The average molecular weight is 574 g/mol. The van der Waals surface area contributed by atoms with Gasteiger partial charge in [0, 0.05) is 36.1 Å². The molecule has 2 aromatic heterocycles. The van der Waals surface area contributed by atoms with Crippen molar-refractivity contribution in [3.8, 4) is 11.8 Å². The van der Waals surface area contributed by atoms with Gasteiger partial charge < -0.3 is 14.4 Å². The van der Waals surface area contributed by atoms with Crippen molar-refractivity contribution in [2.45, 2.75) is 51.3 Å². The summed E-state index contributed by atoms with van der Waals surface area (Å²) in [4.78, 5) is 23.3. The second kappa shape index (κ2) is 11.1. The average Bonchev–Trinajstić information content (AvgIpc) is 3.40. The summed E-state index contributed by atoms with van der Waals surface area (Å²) in [6, 6.07) is 15.7. The van der Waals surface area contributed by atoms with Crippen molar-refractivity contribution < 1.29 is 19.0 Å². The zero-order valence-electron chi connectivity index (χ0n) is 22.4. The van der Waals surface area contributed by atoms with E-state index in [9.17, 15) is 19.6 Å². The molecule has 1 saturated carbocycles. The Morgan fingerprint density at radius 1 is 1.22 bits per heavy atom. The summed E-state index contributed by atoms with van der Waals surface area (Å²) >= 11 is 5.83. The quantitative estimate of drug-likeness (QED) is 0.241. The number of halogens is 2. The molecule has 0 radical (unpaired) electrons. The van der Waals surface area contributed by atoms with Gasteiger partial charge in [0.15, 0.2) is 11.6 Å². The lowest BCUT2D eigenvalue weighted by Gasteiger charge is -2.20. The number of rotatable bonds is 10. The fraction of sp³-hybridized carbons (Fsp3) is 0.355. The molecule has 2 aromatic carbocycles. The number of aromatic nitrogens is 3. The van der Waals surface area contributed by atoms with Crippen LogP contribution in [0.15, 0.2) is 54.7 Å². The van der Waals surface area contributed by atoms with E-state index in [1.54, 1.807) is 30.5 Å². The van der Waals surface area contributed by atoms with E-state index in [0.29, 0.717) is 30.5 Å². The first-order chi connectivity index (χ1) is 19.8. The zero-order valence-corrected chi connectivity index (χ0v) is 23.1. The summed E-state index contributed by atoms with van der Waals surface area (Å²) in [5, 5.41) is 19.2. The summed E-state index contributed by atoms with van der Waals surface area (Å²) < 4.78 is 21.9. The van der Waals surface area contributed by atoms with Crippen LogP contribution < -0.4 is 4.74 Å². The molecule has 1 saturated heterocycles. The minimum atomic E-state index is -0.970. The third kappa shape index (κ3) is 5.90. The molecule has 10 heteroatoms. The monoisotopic (exact) mass is 573 g/mol. The van der Waals surface area contributed by atoms with Crippen molar-refractivity contribution in [3.05, 3.63) is 88.2 Å². The highest BCUT2D eigenvalue weighted by molar-refractivity contribution is 6.30. The smallest absolute Gasteiger partial charge is 0.335 e. The second-order valence-corrected chi connectivity index (χ2v) is 11.6. The van der Waals surface area contributed by atoms with Gasteiger partial charge in [-0.2, -0.15) is 5.26 Å². The van der Waals surface area contributed by atoms with Gasteiger partial charge in [0.05, 0.1) is 34.9 Å². The molecule has 6 rings (SSSR count). The first-order valence-electron chi connectivity index (χ1n) is 13.7. The van der Waals surface area contributed by atoms with Gasteiger partial charge in [-0.3, -0.25) is 9.88 Å². The highest BCUT2D eigenvalue weighted by Gasteiger charge is 2.43. The lowest BCUT2D eigenvalue weighted by atomic mass is 9.99. The maximum atomic E-state index is 14.1. The molecule has 1 atom stereocenters. The summed E-state index contributed by atoms with van der Waals surface area (Å²) in [5.41, 5.74) is 3.61. The maximum absolute atomic E-state index is 14.1. The molecule has 0 amide bonds. The topological polar surface area (TPSA) is 104 Å². The van der Waals surface area contributed by atoms with E-state index in [0.717, 1.165) is 60.5 Å². The molecule has 0 spiro atoms. The number of pyridine rings is 1. The number of carboxylic acid groups (broad SMARTS) is 1. The molecule has 0 unspecified atom stereocenters. The molecule has 1 N–H and O–H groups in total. The minimum Gasteiger partial charge on any atom is -0.484 e. The van der Waals surface area contributed by atoms with Gasteiger partial charge in [0.1, 0.15) is 12.4 Å². The number of imidazole rings is 1. The summed E-state index contributed by atoms with van der Waals surface area (Å²) in [7, 11) is 0. The van der Waals surface area contributed by atoms with Gasteiger partial charge in [0.2, 0.25) is 0 Å². The number of hydrogen-bond donors (Lipinski definition) is 1. The van der Waals surface area contributed by atoms with E-state index < -0.39 is 11.8 Å². The fourth-order valence-electron chi connectivity index (χ4n) is 5.70. The molecular formula is C31H29ClFN5O3. The Morgan fingerprint density at radius 2 is 2.07 bits per heavy atom. The van der Waals surface area contributed by atoms with Crippen LogP contribution in [0.2, 0.25) is 5.02 Å². The predicted octanol–water partition coefficient (Wildman–Crippen LogP) is 6.18. The van der Waals surface area contributed by atoms with Crippen molar-refractivity contribution in [2.24, 2.45) is 5.41 Å². The van der Waals surface area contributed by atoms with E-state index in [-0.39, 0.29) is 23.3 Å². The SMILES string of the molecule is N#CCC1(Cn2c(CN3CC[C@H](c4ccnc(COc5ccc(Cl)cc5F)c4)C3)nc3ccc(C(=O)O)cc32)CC1. The lowest BCUT2D eigenvalue weighted by molar-refractivity contribution is 0.0697. The molecule has 2 aliphatic rings. The molecule has 8 nitrogen and oxygen atoms in total. The van der Waals surface area contributed by atoms with Gasteiger partial charge in [-0.25, -0.2) is 14.2 Å². The van der Waals surface area contributed by atoms with Gasteiger partial charge in [0.25, 0.3) is 0 Å². The number of nitriles is 1. The number of carboxylic acids is 1. The molecule has 210 valence electrons. The summed E-state index contributed by atoms with van der Waals surface area (Å²) in [5.74, 6) is -0.155. The maximum Gasteiger partial charge on any atom is 0.335 e. The standard InChI is InChI=1S/C31H29ClFN5O3/c32-23-2-4-28(25(33)15-23)41-18-24-13-20(5-11-35-24)22-6-12-37(16-22)17-29-36-26-3-1-21(30(39)40)14-27(26)38(29)19-31(7-8-31)9-10-34/h1-5,11,13-15,22H,6-9,12,16-19H2,(H,39,40)/t22-/m0/s1. The Bertz CT molecular complexity index is 1660. The van der Waals surface area contributed by atoms with Crippen molar-refractivity contribution in [1.29, 1.82) is 5.26 Å². The van der Waals surface area contributed by atoms with Gasteiger partial charge in [-0.05, 0) is 85.8 Å². The molecule has 41 heavy (non-hydrogen) atoms. The Balaban J connectivity index is 1.17. The Morgan fingerprint density at radius 3 is 2.83 bits per heavy atom. The highest BCUT2D eigenvalue weighted by Crippen LogP contribution is 2.50. The van der Waals surface area contributed by atoms with Crippen LogP contribution in [0.5, 0.6) is 5.75 Å². The Labute approximate surface area is 242 Å². The van der Waals surface area contributed by atoms with Crippen molar-refractivity contribution in [1.82, 2.24) is 19.4 Å². The molecule has 3 heterocycles. The Kier molecular flexibility index (Phi) is 7.37. The number of benzene rings is 2. The van der Waals surface area contributed by atoms with Gasteiger partial charge >= 0.3 is 5.97 Å². The molecule has 4 aromatic rings. The third-order valence-corrected chi connectivity index (χ3v) is 8.43. The largest absolute Gasteiger partial charge is 0.484 e. The normalized spacial score (nSPS) is 17.9. The third-order valence-electron chi connectivity index (χ3n) is 8.20. The zero-order chi connectivity index (χ0) is 28.6. The van der Waals surface area contributed by atoms with E-state index in [1.165, 1.54) is 12.1 Å². The first-order valence-corrected chi connectivity index (χ1v) is 14.0. The van der Waals surface area contributed by atoms with E-state index in [2.05, 4.69) is 20.5 Å². The highest BCUT2D eigenvalue weighted by atomic mass is 35.5. The van der Waals surface area contributed by atoms with Gasteiger partial charge in [-0.1, -0.05) is 11.6 Å². The number of aromatic carboxylic acids is 1. The van der Waals surface area contributed by atoms with Crippen LogP contribution >= 0.6 is 11.6 Å². The molecular weight excluding hydrogens is 545 g/mol. The van der Waals surface area contributed by atoms with Crippen molar-refractivity contribution >= 4 is 28.6 Å². The van der Waals surface area contributed by atoms with Crippen LogP contribution in [0.1, 0.15) is 59.0 Å². The number of carbonyl (C=O) groups is 1. The molecule has 0 bridgehead atoms. The van der Waals surface area contributed by atoms with Crippen molar-refractivity contribution in [3.63, 3.8) is 0 Å². The number of fused-ring (bicyclic) bond motifs is 1. The van der Waals surface area contributed by atoms with Crippen molar-refractivity contribution in [2.75, 3.05) is 13.1 Å². The molecule has 1 aliphatic carbocycles. The van der Waals surface area contributed by atoms with E-state index in [1.807, 2.05) is 12.1 Å². The lowest BCUT2D eigenvalue weighted by Crippen LogP contribution is -2.24. The van der Waals surface area contributed by atoms with Crippen LogP contribution in [0, 0.1) is 22.6 Å². The number of hydrogen-bond acceptors (Lipinski definition) is 6. The Hall–Kier alpha value is -4.00. The summed E-state index contributed by atoms with van der Waals surface area (Å²) in [6.45, 7) is 3.17. The number of nitrogens with zero attached hydrogens (tertiary/aromatic N) is 5. The van der Waals surface area contributed by atoms with Crippen LogP contribution in [-0.4, -0.2) is 43.6 Å². The minimum absolute atomic E-state index is 0.0612. The summed E-state index contributed by atoms with van der Waals surface area (Å²) in [6.07, 6.45) is 5.19. The van der Waals surface area contributed by atoms with Gasteiger partial charge in [-0.15, -0.1) is 0 Å². The first kappa shape index (κ1) is 27.2. The van der Waals surface area contributed by atoms with E-state index >= 15 is 0 Å². The second-order valence-electron chi connectivity index (χ2n) is 11.1. The van der Waals surface area contributed by atoms with Crippen LogP contribution in [0.3, 0.4) is 0 Å².